The van der Waals surface area contributed by atoms with E-state index in [1.807, 2.05) is 0 Å². The summed E-state index contributed by atoms with van der Waals surface area (Å²) in [6, 6.07) is 11.2. The van der Waals surface area contributed by atoms with E-state index in [4.69, 9.17) is 13.7 Å². The topological polar surface area (TPSA) is 115 Å². The molecule has 3 heterocycles. The van der Waals surface area contributed by atoms with E-state index in [1.165, 1.54) is 6.26 Å². The summed E-state index contributed by atoms with van der Waals surface area (Å²) in [4.78, 5) is 36.5. The van der Waals surface area contributed by atoms with Gasteiger partial charge in [-0.05, 0) is 29.8 Å². The summed E-state index contributed by atoms with van der Waals surface area (Å²) in [6.45, 7) is 0.106. The van der Waals surface area contributed by atoms with Gasteiger partial charge in [0.1, 0.15) is 12.3 Å². The van der Waals surface area contributed by atoms with Crippen molar-refractivity contribution in [3.05, 3.63) is 65.5 Å². The van der Waals surface area contributed by atoms with Crippen molar-refractivity contribution < 1.29 is 28.1 Å². The van der Waals surface area contributed by atoms with Crippen molar-refractivity contribution in [3.63, 3.8) is 0 Å². The minimum atomic E-state index is -0.524. The van der Waals surface area contributed by atoms with Gasteiger partial charge in [0.25, 0.3) is 0 Å². The Morgan fingerprint density at radius 1 is 1.18 bits per heavy atom. The zero-order chi connectivity index (χ0) is 19.5. The van der Waals surface area contributed by atoms with Crippen molar-refractivity contribution in [2.75, 3.05) is 6.54 Å². The van der Waals surface area contributed by atoms with Crippen LogP contribution in [0.15, 0.2) is 57.7 Å². The van der Waals surface area contributed by atoms with E-state index in [0.717, 1.165) is 10.5 Å². The van der Waals surface area contributed by atoms with Crippen LogP contribution in [-0.4, -0.2) is 34.5 Å². The average Bonchev–Trinajstić information content (AvgIpc) is 3.45. The lowest BCUT2D eigenvalue weighted by Gasteiger charge is -2.12. The van der Waals surface area contributed by atoms with Gasteiger partial charge in [0.15, 0.2) is 5.76 Å². The highest BCUT2D eigenvalue weighted by Gasteiger charge is 2.28. The van der Waals surface area contributed by atoms with Crippen LogP contribution in [0.2, 0.25) is 0 Å². The van der Waals surface area contributed by atoms with E-state index in [-0.39, 0.29) is 25.6 Å². The first kappa shape index (κ1) is 17.5. The Kier molecular flexibility index (Phi) is 4.63. The predicted molar refractivity (Wildman–Crippen MR) is 93.7 cm³/mol. The third-order valence-electron chi connectivity index (χ3n) is 4.14. The molecule has 142 valence electrons. The highest BCUT2D eigenvalue weighted by Crippen LogP contribution is 2.21. The molecular weight excluding hydrogens is 366 g/mol. The molecule has 3 aromatic rings. The zero-order valence-corrected chi connectivity index (χ0v) is 14.6. The number of esters is 1. The average molecular weight is 381 g/mol. The van der Waals surface area contributed by atoms with Gasteiger partial charge in [-0.15, -0.1) is 0 Å². The number of hydrogen-bond acceptors (Lipinski definition) is 7. The normalized spacial score (nSPS) is 13.6. The number of benzene rings is 1. The Labute approximate surface area is 158 Å². The molecule has 0 unspecified atom stereocenters. The van der Waals surface area contributed by atoms with Crippen LogP contribution in [0.25, 0.3) is 11.5 Å². The number of nitrogens with zero attached hydrogens (tertiary/aromatic N) is 2. The second-order valence-corrected chi connectivity index (χ2v) is 6.07. The number of imide groups is 1. The van der Waals surface area contributed by atoms with Crippen LogP contribution in [0, 0.1) is 0 Å². The van der Waals surface area contributed by atoms with E-state index in [9.17, 15) is 14.4 Å². The number of urea groups is 1. The number of furan rings is 1. The summed E-state index contributed by atoms with van der Waals surface area (Å²) in [5.74, 6) is 0.172. The van der Waals surface area contributed by atoms with Crippen LogP contribution in [0.3, 0.4) is 0 Å². The molecule has 0 radical (unpaired) electrons. The summed E-state index contributed by atoms with van der Waals surface area (Å²) >= 11 is 0. The van der Waals surface area contributed by atoms with Gasteiger partial charge in [0.05, 0.1) is 24.9 Å². The third kappa shape index (κ3) is 3.63. The molecule has 0 spiro atoms. The molecule has 1 N–H and O–H groups in total. The smallest absolute Gasteiger partial charge is 0.338 e. The van der Waals surface area contributed by atoms with Crippen LogP contribution < -0.4 is 5.32 Å². The fraction of sp³-hybridized carbons (Fsp3) is 0.158. The van der Waals surface area contributed by atoms with Crippen molar-refractivity contribution in [2.45, 2.75) is 13.2 Å². The molecule has 1 saturated heterocycles. The Morgan fingerprint density at radius 3 is 2.68 bits per heavy atom. The molecule has 9 heteroatoms. The van der Waals surface area contributed by atoms with Crippen LogP contribution in [0.5, 0.6) is 0 Å². The third-order valence-corrected chi connectivity index (χ3v) is 4.14. The van der Waals surface area contributed by atoms with Crippen molar-refractivity contribution in [3.8, 4) is 11.5 Å². The minimum Gasteiger partial charge on any atom is -0.461 e. The summed E-state index contributed by atoms with van der Waals surface area (Å²) in [6.07, 6.45) is 1.52. The van der Waals surface area contributed by atoms with Crippen LogP contribution in [-0.2, 0) is 22.7 Å². The summed E-state index contributed by atoms with van der Waals surface area (Å²) in [5, 5.41) is 6.29. The summed E-state index contributed by atoms with van der Waals surface area (Å²) in [5.41, 5.74) is 1.52. The molecule has 1 aromatic carbocycles. The van der Waals surface area contributed by atoms with Gasteiger partial charge in [-0.25, -0.2) is 9.59 Å². The maximum absolute atomic E-state index is 12.2. The van der Waals surface area contributed by atoms with Crippen LogP contribution in [0.1, 0.15) is 21.6 Å². The zero-order valence-electron chi connectivity index (χ0n) is 14.6. The quantitative estimate of drug-likeness (QED) is 0.515. The molecule has 28 heavy (non-hydrogen) atoms. The van der Waals surface area contributed by atoms with Gasteiger partial charge >= 0.3 is 12.0 Å². The first-order valence-corrected chi connectivity index (χ1v) is 8.44. The lowest BCUT2D eigenvalue weighted by Crippen LogP contribution is -2.30. The molecule has 1 aliphatic heterocycles. The monoisotopic (exact) mass is 381 g/mol. The summed E-state index contributed by atoms with van der Waals surface area (Å²) in [7, 11) is 0. The molecule has 0 bridgehead atoms. The highest BCUT2D eigenvalue weighted by atomic mass is 16.5. The van der Waals surface area contributed by atoms with Crippen molar-refractivity contribution >= 4 is 17.9 Å². The molecule has 2 aromatic heterocycles. The molecule has 4 rings (SSSR count). The maximum Gasteiger partial charge on any atom is 0.338 e. The highest BCUT2D eigenvalue weighted by molar-refractivity contribution is 6.01. The maximum atomic E-state index is 12.2. The van der Waals surface area contributed by atoms with Gasteiger partial charge in [-0.1, -0.05) is 17.3 Å². The fourth-order valence-corrected chi connectivity index (χ4v) is 2.68. The lowest BCUT2D eigenvalue weighted by molar-refractivity contribution is -0.125. The van der Waals surface area contributed by atoms with Crippen molar-refractivity contribution in [1.82, 2.24) is 15.4 Å². The molecule has 0 aliphatic carbocycles. The Morgan fingerprint density at radius 2 is 2.00 bits per heavy atom. The van der Waals surface area contributed by atoms with E-state index in [2.05, 4.69) is 10.5 Å². The number of ether oxygens (including phenoxy) is 1. The van der Waals surface area contributed by atoms with Gasteiger partial charge in [-0.3, -0.25) is 9.69 Å². The van der Waals surface area contributed by atoms with E-state index in [1.54, 1.807) is 42.5 Å². The second kappa shape index (κ2) is 7.39. The van der Waals surface area contributed by atoms with Gasteiger partial charge < -0.3 is 19.0 Å². The SMILES string of the molecule is O=C(OCc1cc(-c2ccco2)on1)c1ccc(CN2C(=O)CNC2=O)cc1. The Bertz CT molecular complexity index is 991. The Balaban J connectivity index is 1.33. The molecular formula is C19H15N3O6. The second-order valence-electron chi connectivity index (χ2n) is 6.07. The number of hydrogen-bond donors (Lipinski definition) is 1. The number of amides is 3. The van der Waals surface area contributed by atoms with Crippen molar-refractivity contribution in [1.29, 1.82) is 0 Å². The van der Waals surface area contributed by atoms with Gasteiger partial charge in [0, 0.05) is 6.07 Å². The largest absolute Gasteiger partial charge is 0.461 e. The first-order valence-electron chi connectivity index (χ1n) is 8.44. The number of aromatic nitrogens is 1. The number of carbonyl (C=O) groups is 3. The number of nitrogens with one attached hydrogen (secondary N) is 1. The molecule has 0 saturated carbocycles. The van der Waals surface area contributed by atoms with E-state index < -0.39 is 12.0 Å². The molecule has 9 nitrogen and oxygen atoms in total. The van der Waals surface area contributed by atoms with Crippen LogP contribution >= 0.6 is 0 Å². The van der Waals surface area contributed by atoms with Crippen LogP contribution in [0.4, 0.5) is 4.79 Å². The molecule has 1 aliphatic rings. The van der Waals surface area contributed by atoms with Gasteiger partial charge in [-0.2, -0.15) is 0 Å². The number of carbonyl (C=O) groups excluding carboxylic acids is 3. The lowest BCUT2D eigenvalue weighted by atomic mass is 10.1. The van der Waals surface area contributed by atoms with Crippen molar-refractivity contribution in [2.24, 2.45) is 0 Å². The fourth-order valence-electron chi connectivity index (χ4n) is 2.68. The predicted octanol–water partition coefficient (Wildman–Crippen LogP) is 2.34. The van der Waals surface area contributed by atoms with E-state index >= 15 is 0 Å². The molecule has 3 amide bonds. The standard InChI is InChI=1S/C19H15N3O6/c23-17-9-20-19(25)22(17)10-12-3-5-13(6-4-12)18(24)27-11-14-8-16(28-21-14)15-2-1-7-26-15/h1-8H,9-11H2,(H,20,25). The molecule has 1 fully saturated rings. The number of rotatable bonds is 6. The minimum absolute atomic E-state index is 0.00687. The van der Waals surface area contributed by atoms with Gasteiger partial charge in [0.2, 0.25) is 11.7 Å². The first-order chi connectivity index (χ1) is 13.6. The Hall–Kier alpha value is -3.88. The van der Waals surface area contributed by atoms with E-state index in [0.29, 0.717) is 22.8 Å². The molecule has 0 atom stereocenters. The summed E-state index contributed by atoms with van der Waals surface area (Å²) < 4.78 is 15.6.